The molecule has 0 radical (unpaired) electrons. The van der Waals surface area contributed by atoms with Crippen LogP contribution in [0.25, 0.3) is 0 Å². The van der Waals surface area contributed by atoms with E-state index in [0.29, 0.717) is 11.4 Å². The van der Waals surface area contributed by atoms with Crippen molar-refractivity contribution >= 4 is 21.8 Å². The van der Waals surface area contributed by atoms with Crippen molar-refractivity contribution in [3.8, 4) is 0 Å². The lowest BCUT2D eigenvalue weighted by molar-refractivity contribution is -0.118. The minimum absolute atomic E-state index is 0.0617. The van der Waals surface area contributed by atoms with E-state index in [2.05, 4.69) is 45.1 Å². The van der Waals surface area contributed by atoms with Gasteiger partial charge in [0.05, 0.1) is 5.33 Å². The Balaban J connectivity index is 2.30. The lowest BCUT2D eigenvalue weighted by Gasteiger charge is -2.37. The van der Waals surface area contributed by atoms with Crippen LogP contribution < -0.4 is 5.32 Å². The summed E-state index contributed by atoms with van der Waals surface area (Å²) in [5.74, 6) is 0.0617. The predicted molar refractivity (Wildman–Crippen MR) is 60.7 cm³/mol. The molecule has 0 spiro atoms. The number of hydrogen-bond donors (Lipinski definition) is 1. The van der Waals surface area contributed by atoms with Crippen molar-refractivity contribution in [2.45, 2.75) is 6.04 Å². The second kappa shape index (κ2) is 5.68. The Morgan fingerprint density at radius 3 is 2.86 bits per heavy atom. The van der Waals surface area contributed by atoms with Gasteiger partial charge in [-0.25, -0.2) is 0 Å². The molecule has 4 nitrogen and oxygen atoms in total. The van der Waals surface area contributed by atoms with Crippen LogP contribution in [0.5, 0.6) is 0 Å². The van der Waals surface area contributed by atoms with Crippen molar-refractivity contribution in [1.29, 1.82) is 0 Å². The van der Waals surface area contributed by atoms with E-state index < -0.39 is 0 Å². The van der Waals surface area contributed by atoms with Gasteiger partial charge in [-0.2, -0.15) is 0 Å². The third-order valence-corrected chi connectivity index (χ3v) is 3.15. The zero-order chi connectivity index (χ0) is 10.6. The number of nitrogens with one attached hydrogen (secondary N) is 1. The first-order valence-electron chi connectivity index (χ1n) is 4.85. The lowest BCUT2D eigenvalue weighted by atomic mass is 10.2. The van der Waals surface area contributed by atoms with Crippen LogP contribution in [0.15, 0.2) is 0 Å². The summed E-state index contributed by atoms with van der Waals surface area (Å²) in [6.07, 6.45) is 0. The van der Waals surface area contributed by atoms with E-state index in [-0.39, 0.29) is 5.91 Å². The van der Waals surface area contributed by atoms with Crippen molar-refractivity contribution in [3.63, 3.8) is 0 Å². The van der Waals surface area contributed by atoms with Crippen molar-refractivity contribution in [2.24, 2.45) is 0 Å². The van der Waals surface area contributed by atoms with E-state index in [4.69, 9.17) is 0 Å². The van der Waals surface area contributed by atoms with Gasteiger partial charge in [0, 0.05) is 32.2 Å². The summed E-state index contributed by atoms with van der Waals surface area (Å²) in [6.45, 7) is 3.95. The molecule has 0 aromatic rings. The molecular formula is C9H18BrN3O. The summed E-state index contributed by atoms with van der Waals surface area (Å²) in [5.41, 5.74) is 0. The Labute approximate surface area is 93.8 Å². The smallest absolute Gasteiger partial charge is 0.230 e. The fourth-order valence-corrected chi connectivity index (χ4v) is 1.80. The number of carbonyl (C=O) groups is 1. The maximum Gasteiger partial charge on any atom is 0.230 e. The van der Waals surface area contributed by atoms with E-state index in [1.165, 1.54) is 0 Å². The van der Waals surface area contributed by atoms with Gasteiger partial charge in [0.25, 0.3) is 0 Å². The van der Waals surface area contributed by atoms with Crippen LogP contribution in [0.4, 0.5) is 0 Å². The van der Waals surface area contributed by atoms with E-state index in [1.54, 1.807) is 0 Å². The zero-order valence-electron chi connectivity index (χ0n) is 8.79. The average molecular weight is 264 g/mol. The van der Waals surface area contributed by atoms with Gasteiger partial charge in [0.1, 0.15) is 0 Å². The minimum Gasteiger partial charge on any atom is -0.354 e. The van der Waals surface area contributed by atoms with E-state index in [0.717, 1.165) is 26.2 Å². The van der Waals surface area contributed by atoms with Crippen molar-refractivity contribution < 1.29 is 4.79 Å². The number of alkyl halides is 1. The Bertz CT molecular complexity index is 200. The molecule has 0 saturated carbocycles. The summed E-state index contributed by atoms with van der Waals surface area (Å²) in [4.78, 5) is 15.6. The van der Waals surface area contributed by atoms with Crippen LogP contribution >= 0.6 is 15.9 Å². The van der Waals surface area contributed by atoms with Crippen LogP contribution in [0, 0.1) is 0 Å². The molecule has 1 unspecified atom stereocenters. The molecule has 1 aliphatic rings. The second-order valence-corrected chi connectivity index (χ2v) is 4.40. The molecule has 0 aromatic carbocycles. The first-order valence-corrected chi connectivity index (χ1v) is 5.97. The quantitative estimate of drug-likeness (QED) is 0.714. The number of piperazine rings is 1. The Hall–Kier alpha value is -0.130. The van der Waals surface area contributed by atoms with Crippen LogP contribution in [-0.2, 0) is 4.79 Å². The van der Waals surface area contributed by atoms with E-state index in [9.17, 15) is 4.79 Å². The summed E-state index contributed by atoms with van der Waals surface area (Å²) in [5, 5.41) is 3.29. The van der Waals surface area contributed by atoms with Gasteiger partial charge in [-0.3, -0.25) is 9.69 Å². The van der Waals surface area contributed by atoms with Crippen LogP contribution in [0.3, 0.4) is 0 Å². The van der Waals surface area contributed by atoms with Crippen LogP contribution in [0.1, 0.15) is 0 Å². The van der Waals surface area contributed by atoms with Gasteiger partial charge < -0.3 is 10.2 Å². The molecule has 0 aliphatic carbocycles. The normalized spacial score (nSPS) is 24.9. The third kappa shape index (κ3) is 3.55. The average Bonchev–Trinajstić information content (AvgIpc) is 2.19. The van der Waals surface area contributed by atoms with E-state index >= 15 is 0 Å². The highest BCUT2D eigenvalue weighted by Gasteiger charge is 2.21. The topological polar surface area (TPSA) is 35.6 Å². The van der Waals surface area contributed by atoms with Gasteiger partial charge in [0.2, 0.25) is 5.91 Å². The number of rotatable bonds is 3. The van der Waals surface area contributed by atoms with Gasteiger partial charge in [0.15, 0.2) is 0 Å². The minimum atomic E-state index is 0.0617. The first kappa shape index (κ1) is 11.9. The molecule has 5 heteroatoms. The summed E-state index contributed by atoms with van der Waals surface area (Å²) >= 11 is 3.13. The van der Waals surface area contributed by atoms with E-state index in [1.807, 2.05) is 0 Å². The standard InChI is InChI=1S/C9H18BrN3O/c1-12-3-4-13(2)8(7-12)6-11-9(14)5-10/h8H,3-7H2,1-2H3,(H,11,14). The molecule has 14 heavy (non-hydrogen) atoms. The van der Waals surface area contributed by atoms with Gasteiger partial charge in [-0.05, 0) is 14.1 Å². The van der Waals surface area contributed by atoms with Crippen LogP contribution in [-0.4, -0.2) is 67.4 Å². The summed E-state index contributed by atoms with van der Waals surface area (Å²) < 4.78 is 0. The van der Waals surface area contributed by atoms with Gasteiger partial charge >= 0.3 is 0 Å². The number of amides is 1. The van der Waals surface area contributed by atoms with Crippen molar-refractivity contribution in [2.75, 3.05) is 45.6 Å². The number of halogens is 1. The van der Waals surface area contributed by atoms with Crippen LogP contribution in [0.2, 0.25) is 0 Å². The summed E-state index contributed by atoms with van der Waals surface area (Å²) in [7, 11) is 4.23. The van der Waals surface area contributed by atoms with Gasteiger partial charge in [-0.15, -0.1) is 0 Å². The molecule has 82 valence electrons. The molecule has 1 saturated heterocycles. The lowest BCUT2D eigenvalue weighted by Crippen LogP contribution is -2.54. The molecule has 1 atom stereocenters. The highest BCUT2D eigenvalue weighted by molar-refractivity contribution is 9.09. The fourth-order valence-electron chi connectivity index (χ4n) is 1.60. The number of hydrogen-bond acceptors (Lipinski definition) is 3. The second-order valence-electron chi connectivity index (χ2n) is 3.83. The fraction of sp³-hybridized carbons (Fsp3) is 0.889. The first-order chi connectivity index (χ1) is 6.63. The maximum absolute atomic E-state index is 11.1. The van der Waals surface area contributed by atoms with Crippen molar-refractivity contribution in [1.82, 2.24) is 15.1 Å². The molecule has 0 bridgehead atoms. The SMILES string of the molecule is CN1CCN(C)C(CNC(=O)CBr)C1. The number of likely N-dealkylation sites (N-methyl/N-ethyl adjacent to an activating group) is 2. The summed E-state index contributed by atoms with van der Waals surface area (Å²) in [6, 6.07) is 0.441. The maximum atomic E-state index is 11.1. The highest BCUT2D eigenvalue weighted by atomic mass is 79.9. The molecule has 1 heterocycles. The molecule has 1 aliphatic heterocycles. The highest BCUT2D eigenvalue weighted by Crippen LogP contribution is 2.04. The zero-order valence-corrected chi connectivity index (χ0v) is 10.4. The van der Waals surface area contributed by atoms with Gasteiger partial charge in [-0.1, -0.05) is 15.9 Å². The van der Waals surface area contributed by atoms with Crippen molar-refractivity contribution in [3.05, 3.63) is 0 Å². The Kier molecular flexibility index (Phi) is 4.84. The molecule has 0 aromatic heterocycles. The number of nitrogens with zero attached hydrogens (tertiary/aromatic N) is 2. The molecular weight excluding hydrogens is 246 g/mol. The largest absolute Gasteiger partial charge is 0.354 e. The third-order valence-electron chi connectivity index (χ3n) is 2.64. The monoisotopic (exact) mass is 263 g/mol. The molecule has 1 rings (SSSR count). The molecule has 1 N–H and O–H groups in total. The number of carbonyl (C=O) groups excluding carboxylic acids is 1. The molecule has 1 fully saturated rings. The molecule has 1 amide bonds. The Morgan fingerprint density at radius 1 is 1.50 bits per heavy atom. The predicted octanol–water partition coefficient (Wildman–Crippen LogP) is -0.257. The Morgan fingerprint density at radius 2 is 2.21 bits per heavy atom.